The maximum atomic E-state index is 13.0. The Bertz CT molecular complexity index is 991. The van der Waals surface area contributed by atoms with Crippen LogP contribution in [-0.2, 0) is 10.0 Å². The Labute approximate surface area is 170 Å². The Kier molecular flexibility index (Phi) is 6.62. The number of carbonyl (C=O) groups is 1. The van der Waals surface area contributed by atoms with Crippen LogP contribution in [0.3, 0.4) is 0 Å². The highest BCUT2D eigenvalue weighted by Gasteiger charge is 2.25. The molecule has 1 aliphatic rings. The monoisotopic (exact) mass is 415 g/mol. The van der Waals surface area contributed by atoms with E-state index in [-0.39, 0.29) is 10.5 Å². The average Bonchev–Trinajstić information content (AvgIpc) is 3.03. The molecule has 1 N–H and O–H groups in total. The fraction of sp³-hybridized carbons (Fsp3) is 0.333. The van der Waals surface area contributed by atoms with E-state index in [0.717, 1.165) is 25.7 Å². The van der Waals surface area contributed by atoms with E-state index in [1.165, 1.54) is 52.8 Å². The highest BCUT2D eigenvalue weighted by molar-refractivity contribution is 7.89. The first kappa shape index (κ1) is 21.0. The lowest BCUT2D eigenvalue weighted by Crippen LogP contribution is -2.32. The Balaban J connectivity index is 1.72. The molecule has 1 heterocycles. The molecule has 8 heteroatoms. The third-order valence-corrected chi connectivity index (χ3v) is 6.84. The number of carbonyl (C=O) groups excluding carboxylic acids is 1. The van der Waals surface area contributed by atoms with E-state index in [0.29, 0.717) is 18.7 Å². The molecule has 3 rings (SSSR count). The number of sulfonamides is 1. The smallest absolute Gasteiger partial charge is 0.252 e. The summed E-state index contributed by atoms with van der Waals surface area (Å²) in [5.74, 6) is -0.947. The Morgan fingerprint density at radius 2 is 1.59 bits per heavy atom. The summed E-state index contributed by atoms with van der Waals surface area (Å²) < 4.78 is 40.2. The minimum absolute atomic E-state index is 0.145. The largest absolute Gasteiger partial charge is 0.333 e. The Hall–Kier alpha value is -2.76. The Morgan fingerprint density at radius 3 is 2.14 bits per heavy atom. The molecule has 6 nitrogen and oxygen atoms in total. The maximum Gasteiger partial charge on any atom is 0.252 e. The van der Waals surface area contributed by atoms with Crippen molar-refractivity contribution in [2.24, 2.45) is 0 Å². The van der Waals surface area contributed by atoms with Crippen molar-refractivity contribution >= 4 is 15.9 Å². The number of benzene rings is 2. The fourth-order valence-corrected chi connectivity index (χ4v) is 4.79. The van der Waals surface area contributed by atoms with E-state index in [4.69, 9.17) is 0 Å². The van der Waals surface area contributed by atoms with Crippen LogP contribution in [0.2, 0.25) is 0 Å². The van der Waals surface area contributed by atoms with Gasteiger partial charge in [0, 0.05) is 18.7 Å². The summed E-state index contributed by atoms with van der Waals surface area (Å²) in [5.41, 5.74) is 0.699. The van der Waals surface area contributed by atoms with Crippen LogP contribution >= 0.6 is 0 Å². The molecule has 1 saturated heterocycles. The lowest BCUT2D eigenvalue weighted by Gasteiger charge is -2.20. The van der Waals surface area contributed by atoms with Gasteiger partial charge in [-0.25, -0.2) is 12.8 Å². The summed E-state index contributed by atoms with van der Waals surface area (Å²) in [6.07, 6.45) is 3.75. The van der Waals surface area contributed by atoms with Gasteiger partial charge < -0.3 is 5.32 Å². The standard InChI is InChI=1S/C21H22FN3O3S/c22-18-9-5-16(6-10-18)20(15-23)24-21(26)17-7-11-19(12-8-17)29(27,28)25-13-3-1-2-4-14-25/h5-12,20H,1-4,13-14H2,(H,24,26)/t20-/m0/s1. The second-order valence-electron chi connectivity index (χ2n) is 6.93. The summed E-state index contributed by atoms with van der Waals surface area (Å²) in [6.45, 7) is 1.01. The quantitative estimate of drug-likeness (QED) is 0.811. The number of amides is 1. The zero-order chi connectivity index (χ0) is 20.9. The number of hydrogen-bond donors (Lipinski definition) is 1. The number of nitrogens with one attached hydrogen (secondary N) is 1. The van der Waals surface area contributed by atoms with Crippen LogP contribution in [0.15, 0.2) is 53.4 Å². The second-order valence-corrected chi connectivity index (χ2v) is 8.87. The third-order valence-electron chi connectivity index (χ3n) is 4.93. The van der Waals surface area contributed by atoms with Gasteiger partial charge in [-0.1, -0.05) is 25.0 Å². The SMILES string of the molecule is N#C[C@H](NC(=O)c1ccc(S(=O)(=O)N2CCCCCC2)cc1)c1ccc(F)cc1. The van der Waals surface area contributed by atoms with Crippen LogP contribution in [0.5, 0.6) is 0 Å². The van der Waals surface area contributed by atoms with Crippen molar-refractivity contribution in [2.75, 3.05) is 13.1 Å². The number of nitrogens with zero attached hydrogens (tertiary/aromatic N) is 2. The minimum Gasteiger partial charge on any atom is -0.333 e. The van der Waals surface area contributed by atoms with Gasteiger partial charge in [-0.05, 0) is 54.8 Å². The van der Waals surface area contributed by atoms with Crippen molar-refractivity contribution in [3.63, 3.8) is 0 Å². The fourth-order valence-electron chi connectivity index (χ4n) is 3.27. The van der Waals surface area contributed by atoms with Crippen molar-refractivity contribution in [1.29, 1.82) is 5.26 Å². The van der Waals surface area contributed by atoms with Gasteiger partial charge in [0.15, 0.2) is 0 Å². The molecular weight excluding hydrogens is 393 g/mol. The second kappa shape index (κ2) is 9.16. The minimum atomic E-state index is -3.59. The lowest BCUT2D eigenvalue weighted by molar-refractivity contribution is 0.0945. The molecule has 1 amide bonds. The molecule has 152 valence electrons. The van der Waals surface area contributed by atoms with Crippen LogP contribution in [0, 0.1) is 17.1 Å². The van der Waals surface area contributed by atoms with E-state index in [1.54, 1.807) is 0 Å². The summed E-state index contributed by atoms with van der Waals surface area (Å²) >= 11 is 0. The number of halogens is 1. The van der Waals surface area contributed by atoms with Gasteiger partial charge in [-0.15, -0.1) is 0 Å². The molecule has 0 aliphatic carbocycles. The van der Waals surface area contributed by atoms with Gasteiger partial charge in [-0.2, -0.15) is 9.57 Å². The van der Waals surface area contributed by atoms with Crippen molar-refractivity contribution < 1.29 is 17.6 Å². The van der Waals surface area contributed by atoms with Gasteiger partial charge in [-0.3, -0.25) is 4.79 Å². The molecule has 0 spiro atoms. The van der Waals surface area contributed by atoms with Gasteiger partial charge >= 0.3 is 0 Å². The first-order valence-corrected chi connectivity index (χ1v) is 10.9. The first-order valence-electron chi connectivity index (χ1n) is 9.48. The van der Waals surface area contributed by atoms with Crippen LogP contribution < -0.4 is 5.32 Å². The predicted octanol–water partition coefficient (Wildman–Crippen LogP) is 3.39. The molecule has 29 heavy (non-hydrogen) atoms. The van der Waals surface area contributed by atoms with Crippen LogP contribution in [-0.4, -0.2) is 31.7 Å². The first-order chi connectivity index (χ1) is 13.9. The molecule has 1 atom stereocenters. The summed E-state index contributed by atoms with van der Waals surface area (Å²) in [7, 11) is -3.59. The molecule has 0 aromatic heterocycles. The van der Waals surface area contributed by atoms with Crippen LogP contribution in [0.25, 0.3) is 0 Å². The zero-order valence-corrected chi connectivity index (χ0v) is 16.7. The molecule has 0 bridgehead atoms. The van der Waals surface area contributed by atoms with Crippen molar-refractivity contribution in [2.45, 2.75) is 36.6 Å². The van der Waals surface area contributed by atoms with E-state index in [1.807, 2.05) is 6.07 Å². The molecule has 2 aromatic rings. The van der Waals surface area contributed by atoms with Crippen molar-refractivity contribution in [1.82, 2.24) is 9.62 Å². The zero-order valence-electron chi connectivity index (χ0n) is 15.8. The molecule has 0 unspecified atom stereocenters. The lowest BCUT2D eigenvalue weighted by atomic mass is 10.1. The van der Waals surface area contributed by atoms with E-state index >= 15 is 0 Å². The Morgan fingerprint density at radius 1 is 1.00 bits per heavy atom. The third kappa shape index (κ3) is 5.00. The van der Waals surface area contributed by atoms with Gasteiger partial charge in [0.2, 0.25) is 10.0 Å². The van der Waals surface area contributed by atoms with E-state index in [9.17, 15) is 22.9 Å². The van der Waals surface area contributed by atoms with Gasteiger partial charge in [0.05, 0.1) is 11.0 Å². The normalized spacial score (nSPS) is 16.4. The van der Waals surface area contributed by atoms with Gasteiger partial charge in [0.25, 0.3) is 5.91 Å². The molecule has 0 radical (unpaired) electrons. The van der Waals surface area contributed by atoms with Crippen LogP contribution in [0.1, 0.15) is 47.6 Å². The van der Waals surface area contributed by atoms with Crippen molar-refractivity contribution in [3.8, 4) is 6.07 Å². The maximum absolute atomic E-state index is 13.0. The van der Waals surface area contributed by atoms with Gasteiger partial charge in [0.1, 0.15) is 11.9 Å². The number of rotatable bonds is 5. The molecular formula is C21H22FN3O3S. The highest BCUT2D eigenvalue weighted by Crippen LogP contribution is 2.21. The number of hydrogen-bond acceptors (Lipinski definition) is 4. The van der Waals surface area contributed by atoms with Crippen molar-refractivity contribution in [3.05, 3.63) is 65.5 Å². The highest BCUT2D eigenvalue weighted by atomic mass is 32.2. The topological polar surface area (TPSA) is 90.3 Å². The number of nitriles is 1. The molecule has 2 aromatic carbocycles. The molecule has 1 aliphatic heterocycles. The van der Waals surface area contributed by atoms with E-state index < -0.39 is 27.8 Å². The summed E-state index contributed by atoms with van der Waals surface area (Å²) in [5, 5.41) is 11.9. The summed E-state index contributed by atoms with van der Waals surface area (Å²) in [4.78, 5) is 12.6. The van der Waals surface area contributed by atoms with E-state index in [2.05, 4.69) is 5.32 Å². The molecule has 1 fully saturated rings. The molecule has 0 saturated carbocycles. The van der Waals surface area contributed by atoms with Crippen LogP contribution in [0.4, 0.5) is 4.39 Å². The summed E-state index contributed by atoms with van der Waals surface area (Å²) in [6, 6.07) is 12.0. The predicted molar refractivity (Wildman–Crippen MR) is 106 cm³/mol. The average molecular weight is 415 g/mol.